The van der Waals surface area contributed by atoms with Crippen LogP contribution in [0.2, 0.25) is 0 Å². The number of benzene rings is 1. The number of aromatic amines is 1. The summed E-state index contributed by atoms with van der Waals surface area (Å²) in [4.78, 5) is 7.04. The van der Waals surface area contributed by atoms with Crippen molar-refractivity contribution in [3.63, 3.8) is 0 Å². The minimum Gasteiger partial charge on any atom is -0.347 e. The van der Waals surface area contributed by atoms with Gasteiger partial charge in [0, 0.05) is 23.4 Å². The molecule has 0 unspecified atom stereocenters. The number of aromatic nitrogens is 2. The fourth-order valence-electron chi connectivity index (χ4n) is 1.74. The molecule has 0 radical (unpaired) electrons. The summed E-state index contributed by atoms with van der Waals surface area (Å²) in [6.45, 7) is 2.13. The van der Waals surface area contributed by atoms with Crippen molar-refractivity contribution in [2.75, 3.05) is 0 Å². The number of nitrogens with one attached hydrogen (secondary N) is 2. The van der Waals surface area contributed by atoms with Gasteiger partial charge in [0.25, 0.3) is 0 Å². The molecule has 0 saturated heterocycles. The van der Waals surface area contributed by atoms with Crippen LogP contribution in [0.5, 0.6) is 0 Å². The molecule has 0 spiro atoms. The van der Waals surface area contributed by atoms with E-state index >= 15 is 0 Å². The topological polar surface area (TPSA) is 101 Å². The second-order valence-corrected chi connectivity index (χ2v) is 6.86. The molecule has 6 nitrogen and oxygen atoms in total. The highest BCUT2D eigenvalue weighted by molar-refractivity contribution is 9.10. The summed E-state index contributed by atoms with van der Waals surface area (Å²) in [5.74, 6) is 0.556. The van der Waals surface area contributed by atoms with Crippen LogP contribution in [0.15, 0.2) is 33.9 Å². The molecule has 0 saturated carbocycles. The zero-order valence-corrected chi connectivity index (χ0v) is 13.3. The van der Waals surface area contributed by atoms with Gasteiger partial charge in [-0.3, -0.25) is 0 Å². The Labute approximate surface area is 126 Å². The molecule has 20 heavy (non-hydrogen) atoms. The molecule has 0 atom stereocenters. The molecular weight excluding hydrogens is 344 g/mol. The highest BCUT2D eigenvalue weighted by atomic mass is 79.9. The van der Waals surface area contributed by atoms with Gasteiger partial charge in [-0.25, -0.2) is 18.1 Å². The van der Waals surface area contributed by atoms with Crippen molar-refractivity contribution in [3.8, 4) is 0 Å². The SMILES string of the molecule is Cc1c(Br)cc(CN)cc1S(=O)(=O)NCc1ncc[nH]1. The van der Waals surface area contributed by atoms with Crippen molar-refractivity contribution in [2.45, 2.75) is 24.9 Å². The Morgan fingerprint density at radius 2 is 2.20 bits per heavy atom. The molecule has 0 amide bonds. The van der Waals surface area contributed by atoms with E-state index in [4.69, 9.17) is 5.73 Å². The Morgan fingerprint density at radius 1 is 1.45 bits per heavy atom. The first-order chi connectivity index (χ1) is 9.44. The fraction of sp³-hybridized carbons (Fsp3) is 0.250. The Hall–Kier alpha value is -1.22. The molecule has 0 aliphatic carbocycles. The maximum Gasteiger partial charge on any atom is 0.241 e. The minimum atomic E-state index is -3.62. The smallest absolute Gasteiger partial charge is 0.241 e. The van der Waals surface area contributed by atoms with Gasteiger partial charge in [0.2, 0.25) is 10.0 Å². The molecule has 8 heteroatoms. The summed E-state index contributed by atoms with van der Waals surface area (Å²) in [5.41, 5.74) is 6.98. The van der Waals surface area contributed by atoms with Crippen molar-refractivity contribution in [3.05, 3.63) is 46.0 Å². The van der Waals surface area contributed by atoms with Gasteiger partial charge in [0.05, 0.1) is 11.4 Å². The number of rotatable bonds is 5. The standard InChI is InChI=1S/C12H15BrN4O2S/c1-8-10(13)4-9(6-14)5-11(8)20(18,19)17-7-12-15-2-3-16-12/h2-5,17H,6-7,14H2,1H3,(H,15,16). The Bertz CT molecular complexity index is 698. The number of imidazole rings is 1. The lowest BCUT2D eigenvalue weighted by atomic mass is 10.1. The number of nitrogens with zero attached hydrogens (tertiary/aromatic N) is 1. The van der Waals surface area contributed by atoms with Crippen molar-refractivity contribution in [1.82, 2.24) is 14.7 Å². The zero-order chi connectivity index (χ0) is 14.8. The van der Waals surface area contributed by atoms with Gasteiger partial charge in [-0.1, -0.05) is 15.9 Å². The van der Waals surface area contributed by atoms with E-state index in [-0.39, 0.29) is 18.0 Å². The molecule has 1 aromatic carbocycles. The molecule has 0 aliphatic heterocycles. The van der Waals surface area contributed by atoms with E-state index in [2.05, 4.69) is 30.6 Å². The van der Waals surface area contributed by atoms with Gasteiger partial charge in [-0.15, -0.1) is 0 Å². The quantitative estimate of drug-likeness (QED) is 0.752. The van der Waals surface area contributed by atoms with Crippen molar-refractivity contribution in [1.29, 1.82) is 0 Å². The largest absolute Gasteiger partial charge is 0.347 e. The van der Waals surface area contributed by atoms with Gasteiger partial charge in [0.15, 0.2) is 0 Å². The van der Waals surface area contributed by atoms with E-state index in [1.165, 1.54) is 0 Å². The molecule has 0 aliphatic rings. The summed E-state index contributed by atoms with van der Waals surface area (Å²) in [6.07, 6.45) is 3.21. The Balaban J connectivity index is 2.31. The number of sulfonamides is 1. The van der Waals surface area contributed by atoms with Gasteiger partial charge >= 0.3 is 0 Å². The maximum atomic E-state index is 12.4. The monoisotopic (exact) mass is 358 g/mol. The van der Waals surface area contributed by atoms with Gasteiger partial charge in [-0.2, -0.15) is 0 Å². The minimum absolute atomic E-state index is 0.110. The van der Waals surface area contributed by atoms with Gasteiger partial charge < -0.3 is 10.7 Å². The number of H-pyrrole nitrogens is 1. The third-order valence-electron chi connectivity index (χ3n) is 2.87. The zero-order valence-electron chi connectivity index (χ0n) is 10.9. The summed E-state index contributed by atoms with van der Waals surface area (Å²) in [7, 11) is -3.62. The lowest BCUT2D eigenvalue weighted by Gasteiger charge is -2.12. The number of nitrogens with two attached hydrogens (primary N) is 1. The second-order valence-electron chi connectivity index (χ2n) is 4.27. The van der Waals surface area contributed by atoms with Crippen molar-refractivity contribution in [2.24, 2.45) is 5.73 Å². The van der Waals surface area contributed by atoms with E-state index in [1.54, 1.807) is 25.4 Å². The van der Waals surface area contributed by atoms with Crippen molar-refractivity contribution >= 4 is 26.0 Å². The molecular formula is C12H15BrN4O2S. The van der Waals surface area contributed by atoms with E-state index < -0.39 is 10.0 Å². The molecule has 1 heterocycles. The lowest BCUT2D eigenvalue weighted by molar-refractivity contribution is 0.578. The second kappa shape index (κ2) is 6.04. The average molecular weight is 359 g/mol. The highest BCUT2D eigenvalue weighted by Crippen LogP contribution is 2.25. The van der Waals surface area contributed by atoms with Gasteiger partial charge in [0.1, 0.15) is 5.82 Å². The maximum absolute atomic E-state index is 12.4. The van der Waals surface area contributed by atoms with Crippen LogP contribution in [0.4, 0.5) is 0 Å². The van der Waals surface area contributed by atoms with Crippen LogP contribution in [0.1, 0.15) is 17.0 Å². The molecule has 0 bridgehead atoms. The Morgan fingerprint density at radius 3 is 2.80 bits per heavy atom. The van der Waals surface area contributed by atoms with Crippen LogP contribution >= 0.6 is 15.9 Å². The van der Waals surface area contributed by atoms with E-state index in [9.17, 15) is 8.42 Å². The normalized spacial score (nSPS) is 11.8. The predicted octanol–water partition coefficient (Wildman–Crippen LogP) is 1.42. The molecule has 1 aromatic heterocycles. The highest BCUT2D eigenvalue weighted by Gasteiger charge is 2.19. The van der Waals surface area contributed by atoms with Crippen molar-refractivity contribution < 1.29 is 8.42 Å². The first kappa shape index (κ1) is 15.2. The lowest BCUT2D eigenvalue weighted by Crippen LogP contribution is -2.25. The number of hydrogen-bond donors (Lipinski definition) is 3. The Kier molecular flexibility index (Phi) is 4.59. The molecule has 0 fully saturated rings. The van der Waals surface area contributed by atoms with Crippen LogP contribution in [0, 0.1) is 6.92 Å². The third kappa shape index (κ3) is 3.26. The predicted molar refractivity (Wildman–Crippen MR) is 79.4 cm³/mol. The van der Waals surface area contributed by atoms with E-state index in [1.807, 2.05) is 6.07 Å². The van der Waals surface area contributed by atoms with Crippen LogP contribution in [-0.4, -0.2) is 18.4 Å². The van der Waals surface area contributed by atoms with Crippen LogP contribution in [0.25, 0.3) is 0 Å². The first-order valence-electron chi connectivity index (χ1n) is 5.91. The van der Waals surface area contributed by atoms with Crippen LogP contribution in [-0.2, 0) is 23.1 Å². The summed E-state index contributed by atoms with van der Waals surface area (Å²) in [5, 5.41) is 0. The fourth-order valence-corrected chi connectivity index (χ4v) is 3.68. The average Bonchev–Trinajstić information content (AvgIpc) is 2.92. The van der Waals surface area contributed by atoms with Crippen LogP contribution < -0.4 is 10.5 Å². The third-order valence-corrected chi connectivity index (χ3v) is 5.22. The summed E-state index contributed by atoms with van der Waals surface area (Å²) < 4.78 is 27.9. The number of halogens is 1. The molecule has 4 N–H and O–H groups in total. The van der Waals surface area contributed by atoms with Gasteiger partial charge in [-0.05, 0) is 30.2 Å². The summed E-state index contributed by atoms with van der Waals surface area (Å²) >= 11 is 3.35. The molecule has 2 aromatic rings. The first-order valence-corrected chi connectivity index (χ1v) is 8.18. The van der Waals surface area contributed by atoms with E-state index in [0.29, 0.717) is 11.4 Å². The number of hydrogen-bond acceptors (Lipinski definition) is 4. The molecule has 2 rings (SSSR count). The molecule has 108 valence electrons. The van der Waals surface area contributed by atoms with Crippen LogP contribution in [0.3, 0.4) is 0 Å². The summed E-state index contributed by atoms with van der Waals surface area (Å²) in [6, 6.07) is 3.41. The van der Waals surface area contributed by atoms with E-state index in [0.717, 1.165) is 10.0 Å².